The Kier molecular flexibility index (Phi) is 7.64. The molecule has 2 aliphatic heterocycles. The number of aliphatic imine (C=N–C) groups is 1. The monoisotopic (exact) mass is 445 g/mol. The van der Waals surface area contributed by atoms with E-state index in [1.165, 1.54) is 30.0 Å². The van der Waals surface area contributed by atoms with Crippen LogP contribution in [0.15, 0.2) is 64.3 Å². The lowest BCUT2D eigenvalue weighted by molar-refractivity contribution is -0.138. The van der Waals surface area contributed by atoms with Gasteiger partial charge in [0.1, 0.15) is 12.4 Å². The van der Waals surface area contributed by atoms with Gasteiger partial charge in [0.15, 0.2) is 5.17 Å². The molecule has 0 bridgehead atoms. The maximum absolute atomic E-state index is 13.6. The van der Waals surface area contributed by atoms with Gasteiger partial charge in [-0.15, -0.1) is 0 Å². The van der Waals surface area contributed by atoms with Crippen LogP contribution in [0.3, 0.4) is 0 Å². The van der Waals surface area contributed by atoms with Gasteiger partial charge in [0.05, 0.1) is 30.3 Å². The highest BCUT2D eigenvalue weighted by Crippen LogP contribution is 2.44. The minimum absolute atomic E-state index is 0.0572. The predicted molar refractivity (Wildman–Crippen MR) is 117 cm³/mol. The van der Waals surface area contributed by atoms with E-state index in [1.54, 1.807) is 26.2 Å². The van der Waals surface area contributed by atoms with Gasteiger partial charge in [0.2, 0.25) is 5.91 Å². The summed E-state index contributed by atoms with van der Waals surface area (Å²) < 4.78 is 23.8. The van der Waals surface area contributed by atoms with Gasteiger partial charge >= 0.3 is 5.97 Å². The summed E-state index contributed by atoms with van der Waals surface area (Å²) >= 11 is 1.37. The number of hydrogen-bond acceptors (Lipinski definition) is 7. The number of amidine groups is 1. The quantitative estimate of drug-likeness (QED) is 0.357. The fourth-order valence-electron chi connectivity index (χ4n) is 3.32. The van der Waals surface area contributed by atoms with Crippen molar-refractivity contribution < 1.29 is 23.5 Å². The van der Waals surface area contributed by atoms with E-state index in [1.807, 2.05) is 10.3 Å². The zero-order chi connectivity index (χ0) is 22.4. The first kappa shape index (κ1) is 22.8. The van der Waals surface area contributed by atoms with Gasteiger partial charge in [0, 0.05) is 19.4 Å². The second-order valence-corrected chi connectivity index (χ2v) is 7.69. The number of hydrogen-bond donors (Lipinski definition) is 1. The normalized spacial score (nSPS) is 17.6. The summed E-state index contributed by atoms with van der Waals surface area (Å²) in [5.74, 6) is -1.09. The molecule has 2 heterocycles. The van der Waals surface area contributed by atoms with Crippen LogP contribution in [0.2, 0.25) is 0 Å². The molecule has 0 fully saturated rings. The standard InChI is InChI=1S/C22H24FN3O4S/c1-4-10-30-21(28)19-14(2)25-22-26(20(19)15-5-7-16(23)8-6-15)17(13-31-22)12-18(27)24-9-11-29-3/h4-8,13,20H,1,9-12H2,2-3H3,(H,24,27). The molecular weight excluding hydrogens is 421 g/mol. The van der Waals surface area contributed by atoms with Crippen molar-refractivity contribution in [1.29, 1.82) is 0 Å². The van der Waals surface area contributed by atoms with Crippen molar-refractivity contribution in [3.05, 3.63) is 70.7 Å². The molecule has 3 rings (SSSR count). The number of esters is 1. The number of carbonyl (C=O) groups excluding carboxylic acids is 2. The Bertz CT molecular complexity index is 956. The molecule has 164 valence electrons. The lowest BCUT2D eigenvalue weighted by atomic mass is 9.94. The minimum atomic E-state index is -0.599. The highest BCUT2D eigenvalue weighted by atomic mass is 32.2. The van der Waals surface area contributed by atoms with Crippen molar-refractivity contribution in [3.63, 3.8) is 0 Å². The maximum Gasteiger partial charge on any atom is 0.338 e. The number of benzene rings is 1. The number of amides is 1. The van der Waals surface area contributed by atoms with E-state index in [0.29, 0.717) is 40.8 Å². The van der Waals surface area contributed by atoms with Gasteiger partial charge in [-0.25, -0.2) is 14.2 Å². The van der Waals surface area contributed by atoms with E-state index in [9.17, 15) is 14.0 Å². The smallest absolute Gasteiger partial charge is 0.338 e. The molecule has 0 radical (unpaired) electrons. The molecule has 1 aromatic rings. The third-order valence-electron chi connectivity index (χ3n) is 4.71. The van der Waals surface area contributed by atoms with Crippen molar-refractivity contribution >= 4 is 28.8 Å². The van der Waals surface area contributed by atoms with Crippen LogP contribution in [0.5, 0.6) is 0 Å². The van der Waals surface area contributed by atoms with Crippen LogP contribution in [0.1, 0.15) is 24.9 Å². The van der Waals surface area contributed by atoms with E-state index >= 15 is 0 Å². The number of nitrogens with zero attached hydrogens (tertiary/aromatic N) is 2. The number of methoxy groups -OCH3 is 1. The molecule has 7 nitrogen and oxygen atoms in total. The first-order valence-corrected chi connectivity index (χ1v) is 10.6. The number of thioether (sulfide) groups is 1. The highest BCUT2D eigenvalue weighted by molar-refractivity contribution is 8.16. The van der Waals surface area contributed by atoms with E-state index in [2.05, 4.69) is 16.9 Å². The largest absolute Gasteiger partial charge is 0.458 e. The minimum Gasteiger partial charge on any atom is -0.458 e. The van der Waals surface area contributed by atoms with Crippen molar-refractivity contribution in [3.8, 4) is 0 Å². The summed E-state index contributed by atoms with van der Waals surface area (Å²) in [5, 5.41) is 5.28. The molecule has 1 atom stereocenters. The van der Waals surface area contributed by atoms with Crippen molar-refractivity contribution in [2.75, 3.05) is 26.9 Å². The molecule has 1 unspecified atom stereocenters. The van der Waals surface area contributed by atoms with Crippen molar-refractivity contribution in [2.24, 2.45) is 4.99 Å². The Morgan fingerprint density at radius 3 is 2.77 bits per heavy atom. The molecule has 1 aromatic carbocycles. The molecule has 1 amide bonds. The van der Waals surface area contributed by atoms with Gasteiger partial charge in [-0.3, -0.25) is 4.79 Å². The summed E-state index contributed by atoms with van der Waals surface area (Å²) in [6.07, 6.45) is 1.58. The molecule has 9 heteroatoms. The zero-order valence-corrected chi connectivity index (χ0v) is 18.2. The molecule has 0 saturated heterocycles. The third-order valence-corrected chi connectivity index (χ3v) is 5.60. The van der Waals surface area contributed by atoms with Crippen molar-refractivity contribution in [2.45, 2.75) is 19.4 Å². The molecule has 1 N–H and O–H groups in total. The number of fused-ring (bicyclic) bond motifs is 1. The molecular formula is C22H24FN3O4S. The Labute approximate surface area is 184 Å². The van der Waals surface area contributed by atoms with Crippen molar-refractivity contribution in [1.82, 2.24) is 10.2 Å². The van der Waals surface area contributed by atoms with Gasteiger partial charge in [-0.05, 0) is 30.0 Å². The number of ether oxygens (including phenoxy) is 2. The Morgan fingerprint density at radius 2 is 2.10 bits per heavy atom. The average Bonchev–Trinajstić information content (AvgIpc) is 3.13. The van der Waals surface area contributed by atoms with Crippen LogP contribution in [0.25, 0.3) is 0 Å². The van der Waals surface area contributed by atoms with Crippen LogP contribution in [-0.4, -0.2) is 48.8 Å². The van der Waals surface area contributed by atoms with E-state index in [0.717, 1.165) is 0 Å². The predicted octanol–water partition coefficient (Wildman–Crippen LogP) is 3.28. The molecule has 0 aromatic heterocycles. The summed E-state index contributed by atoms with van der Waals surface area (Å²) in [6.45, 7) is 6.18. The second-order valence-electron chi connectivity index (χ2n) is 6.85. The maximum atomic E-state index is 13.6. The number of rotatable bonds is 9. The Morgan fingerprint density at radius 1 is 1.35 bits per heavy atom. The summed E-state index contributed by atoms with van der Waals surface area (Å²) in [6, 6.07) is 5.32. The van der Waals surface area contributed by atoms with Gasteiger partial charge in [0.25, 0.3) is 0 Å². The molecule has 0 saturated carbocycles. The van der Waals surface area contributed by atoms with Gasteiger partial charge in [-0.1, -0.05) is 36.5 Å². The van der Waals surface area contributed by atoms with Crippen LogP contribution in [0, 0.1) is 5.82 Å². The number of halogens is 1. The summed E-state index contributed by atoms with van der Waals surface area (Å²) in [5.41, 5.74) is 2.23. The Balaban J connectivity index is 1.95. The van der Waals surface area contributed by atoms with Gasteiger partial charge < -0.3 is 19.7 Å². The zero-order valence-electron chi connectivity index (χ0n) is 17.4. The van der Waals surface area contributed by atoms with Gasteiger partial charge in [-0.2, -0.15) is 0 Å². The van der Waals surface area contributed by atoms with E-state index in [-0.39, 0.29) is 24.8 Å². The first-order valence-electron chi connectivity index (χ1n) is 9.69. The number of carbonyl (C=O) groups is 2. The van der Waals surface area contributed by atoms with Crippen LogP contribution >= 0.6 is 11.8 Å². The second kappa shape index (κ2) is 10.4. The summed E-state index contributed by atoms with van der Waals surface area (Å²) in [4.78, 5) is 31.7. The molecule has 0 aliphatic carbocycles. The van der Waals surface area contributed by atoms with Crippen LogP contribution < -0.4 is 5.32 Å². The fraction of sp³-hybridized carbons (Fsp3) is 0.318. The van der Waals surface area contributed by atoms with Crippen LogP contribution in [-0.2, 0) is 19.1 Å². The highest BCUT2D eigenvalue weighted by Gasteiger charge is 2.41. The first-order chi connectivity index (χ1) is 15.0. The molecule has 31 heavy (non-hydrogen) atoms. The van der Waals surface area contributed by atoms with Crippen LogP contribution in [0.4, 0.5) is 4.39 Å². The number of nitrogens with one attached hydrogen (secondary N) is 1. The van der Waals surface area contributed by atoms with E-state index < -0.39 is 12.0 Å². The topological polar surface area (TPSA) is 80.2 Å². The lowest BCUT2D eigenvalue weighted by Crippen LogP contribution is -2.38. The Hall–Kier alpha value is -2.91. The fourth-order valence-corrected chi connectivity index (χ4v) is 4.29. The lowest BCUT2D eigenvalue weighted by Gasteiger charge is -2.36. The SMILES string of the molecule is C=CCOC(=O)C1=C(C)N=C2SC=C(CC(=O)NCCOC)N2C1c1ccc(F)cc1. The molecule has 0 spiro atoms. The summed E-state index contributed by atoms with van der Waals surface area (Å²) in [7, 11) is 1.56. The third kappa shape index (κ3) is 5.23. The van der Waals surface area contributed by atoms with E-state index in [4.69, 9.17) is 9.47 Å². The average molecular weight is 446 g/mol. The number of allylic oxidation sites excluding steroid dienone is 1. The molecule has 2 aliphatic rings.